The van der Waals surface area contributed by atoms with Crippen molar-refractivity contribution in [3.63, 3.8) is 0 Å². The van der Waals surface area contributed by atoms with Gasteiger partial charge in [-0.1, -0.05) is 0 Å². The van der Waals surface area contributed by atoms with Gasteiger partial charge in [0.15, 0.2) is 0 Å². The molecular weight excluding hydrogens is 266 g/mol. The first kappa shape index (κ1) is 14.0. The van der Waals surface area contributed by atoms with Crippen molar-refractivity contribution in [3.8, 4) is 11.5 Å². The Hall–Kier alpha value is -1.42. The zero-order valence-corrected chi connectivity index (χ0v) is 11.6. The quantitative estimate of drug-likeness (QED) is 0.839. The van der Waals surface area contributed by atoms with Gasteiger partial charge in [-0.3, -0.25) is 4.79 Å². The molecule has 1 amide bonds. The van der Waals surface area contributed by atoms with Gasteiger partial charge in [-0.2, -0.15) is 0 Å². The fraction of sp³-hybridized carbons (Fsp3) is 0.500. The van der Waals surface area contributed by atoms with Crippen LogP contribution in [0.1, 0.15) is 36.0 Å². The van der Waals surface area contributed by atoms with Crippen LogP contribution in [0.5, 0.6) is 11.5 Å². The Balaban J connectivity index is 2.03. The van der Waals surface area contributed by atoms with Crippen LogP contribution in [0.3, 0.4) is 0 Å². The number of phenolic OH excluding ortho intramolecular Hbond substituents is 1. The minimum atomic E-state index is -0.269. The molecule has 5 heteroatoms. The van der Waals surface area contributed by atoms with Crippen molar-refractivity contribution in [2.24, 2.45) is 0 Å². The molecule has 1 aliphatic rings. The summed E-state index contributed by atoms with van der Waals surface area (Å²) in [5.41, 5.74) is 0.243. The molecule has 0 heterocycles. The summed E-state index contributed by atoms with van der Waals surface area (Å²) in [7, 11) is 1.52. The number of benzene rings is 1. The number of alkyl halides is 1. The number of carbonyl (C=O) groups excluding carboxylic acids is 1. The van der Waals surface area contributed by atoms with E-state index in [1.165, 1.54) is 19.2 Å². The average molecular weight is 284 g/mol. The Labute approximate surface area is 117 Å². The lowest BCUT2D eigenvalue weighted by Gasteiger charge is -2.25. The number of nitrogens with one attached hydrogen (secondary N) is 1. The van der Waals surface area contributed by atoms with Gasteiger partial charge in [0.2, 0.25) is 0 Å². The van der Waals surface area contributed by atoms with Crippen LogP contribution < -0.4 is 10.1 Å². The normalized spacial score (nSPS) is 22.8. The molecule has 0 aliphatic heterocycles. The molecule has 0 aromatic heterocycles. The minimum absolute atomic E-state index is 0.0377. The minimum Gasteiger partial charge on any atom is -0.507 e. The van der Waals surface area contributed by atoms with Crippen LogP contribution in [0, 0.1) is 0 Å². The fourth-order valence-corrected chi connectivity index (χ4v) is 2.54. The number of amides is 1. The van der Waals surface area contributed by atoms with E-state index in [9.17, 15) is 9.90 Å². The standard InChI is InChI=1S/C14H18ClNO3/c1-19-11-6-7-13(17)12(8-11)14(18)16-10-4-2-9(15)3-5-10/h6-10,17H,2-5H2,1H3,(H,16,18). The molecule has 0 atom stereocenters. The van der Waals surface area contributed by atoms with E-state index in [2.05, 4.69) is 5.32 Å². The second-order valence-corrected chi connectivity index (χ2v) is 5.42. The van der Waals surface area contributed by atoms with Gasteiger partial charge in [-0.05, 0) is 43.9 Å². The van der Waals surface area contributed by atoms with Crippen LogP contribution in [0.4, 0.5) is 0 Å². The van der Waals surface area contributed by atoms with E-state index in [1.54, 1.807) is 6.07 Å². The number of hydrogen-bond acceptors (Lipinski definition) is 3. The second-order valence-electron chi connectivity index (χ2n) is 4.81. The van der Waals surface area contributed by atoms with E-state index < -0.39 is 0 Å². The Morgan fingerprint density at radius 2 is 2.05 bits per heavy atom. The van der Waals surface area contributed by atoms with Gasteiger partial charge in [-0.15, -0.1) is 11.6 Å². The van der Waals surface area contributed by atoms with Crippen molar-refractivity contribution in [1.29, 1.82) is 0 Å². The zero-order chi connectivity index (χ0) is 13.8. The molecule has 2 rings (SSSR count). The lowest BCUT2D eigenvalue weighted by molar-refractivity contribution is 0.0925. The highest BCUT2D eigenvalue weighted by Crippen LogP contribution is 2.25. The molecule has 1 aliphatic carbocycles. The predicted molar refractivity (Wildman–Crippen MR) is 74.0 cm³/mol. The Morgan fingerprint density at radius 3 is 2.68 bits per heavy atom. The van der Waals surface area contributed by atoms with Gasteiger partial charge in [0.1, 0.15) is 11.5 Å². The van der Waals surface area contributed by atoms with Crippen LogP contribution in [0.25, 0.3) is 0 Å². The largest absolute Gasteiger partial charge is 0.507 e. The van der Waals surface area contributed by atoms with Gasteiger partial charge in [0.05, 0.1) is 12.7 Å². The number of hydrogen-bond donors (Lipinski definition) is 2. The lowest BCUT2D eigenvalue weighted by Crippen LogP contribution is -2.37. The maximum Gasteiger partial charge on any atom is 0.255 e. The van der Waals surface area contributed by atoms with Crippen LogP contribution >= 0.6 is 11.6 Å². The molecule has 4 nitrogen and oxygen atoms in total. The van der Waals surface area contributed by atoms with Crippen molar-refractivity contribution in [1.82, 2.24) is 5.32 Å². The summed E-state index contributed by atoms with van der Waals surface area (Å²) in [5.74, 6) is 0.242. The van der Waals surface area contributed by atoms with Crippen molar-refractivity contribution >= 4 is 17.5 Å². The summed E-state index contributed by atoms with van der Waals surface area (Å²) in [5, 5.41) is 12.9. The fourth-order valence-electron chi connectivity index (χ4n) is 2.28. The average Bonchev–Trinajstić information content (AvgIpc) is 2.42. The van der Waals surface area contributed by atoms with Crippen molar-refractivity contribution < 1.29 is 14.6 Å². The molecule has 0 spiro atoms. The first-order chi connectivity index (χ1) is 9.10. The number of methoxy groups -OCH3 is 1. The molecule has 1 aromatic rings. The smallest absolute Gasteiger partial charge is 0.255 e. The van der Waals surface area contributed by atoms with E-state index in [-0.39, 0.29) is 28.6 Å². The molecule has 0 bridgehead atoms. The third-order valence-electron chi connectivity index (χ3n) is 3.44. The van der Waals surface area contributed by atoms with Crippen LogP contribution in [0.15, 0.2) is 18.2 Å². The highest BCUT2D eigenvalue weighted by atomic mass is 35.5. The number of rotatable bonds is 3. The van der Waals surface area contributed by atoms with E-state index >= 15 is 0 Å². The maximum absolute atomic E-state index is 12.1. The summed E-state index contributed by atoms with van der Waals surface area (Å²) in [4.78, 5) is 12.1. The summed E-state index contributed by atoms with van der Waals surface area (Å²) in [6.45, 7) is 0. The highest BCUT2D eigenvalue weighted by molar-refractivity contribution is 6.20. The van der Waals surface area contributed by atoms with Crippen LogP contribution in [-0.4, -0.2) is 29.5 Å². The zero-order valence-electron chi connectivity index (χ0n) is 10.9. The summed E-state index contributed by atoms with van der Waals surface area (Å²) in [6, 6.07) is 4.75. The van der Waals surface area contributed by atoms with E-state index in [0.29, 0.717) is 5.75 Å². The number of carbonyl (C=O) groups is 1. The van der Waals surface area contributed by atoms with Crippen molar-refractivity contribution in [3.05, 3.63) is 23.8 Å². The summed E-state index contributed by atoms with van der Waals surface area (Å²) < 4.78 is 5.06. The third-order valence-corrected chi connectivity index (χ3v) is 3.88. The second kappa shape index (κ2) is 6.15. The van der Waals surface area contributed by atoms with Crippen molar-refractivity contribution in [2.75, 3.05) is 7.11 Å². The van der Waals surface area contributed by atoms with Gasteiger partial charge in [-0.25, -0.2) is 0 Å². The van der Waals surface area contributed by atoms with Gasteiger partial charge >= 0.3 is 0 Å². The van der Waals surface area contributed by atoms with Crippen LogP contribution in [0.2, 0.25) is 0 Å². The number of phenols is 1. The van der Waals surface area contributed by atoms with E-state index in [1.807, 2.05) is 0 Å². The summed E-state index contributed by atoms with van der Waals surface area (Å²) >= 11 is 6.03. The SMILES string of the molecule is COc1ccc(O)c(C(=O)NC2CCC(Cl)CC2)c1. The van der Waals surface area contributed by atoms with Gasteiger partial charge in [0, 0.05) is 11.4 Å². The van der Waals surface area contributed by atoms with Crippen LogP contribution in [-0.2, 0) is 0 Å². The van der Waals surface area contributed by atoms with E-state index in [4.69, 9.17) is 16.3 Å². The van der Waals surface area contributed by atoms with E-state index in [0.717, 1.165) is 25.7 Å². The molecule has 2 N–H and O–H groups in total. The number of aromatic hydroxyl groups is 1. The molecule has 0 saturated heterocycles. The molecule has 1 fully saturated rings. The number of ether oxygens (including phenoxy) is 1. The first-order valence-corrected chi connectivity index (χ1v) is 6.85. The third kappa shape index (κ3) is 3.53. The van der Waals surface area contributed by atoms with Crippen molar-refractivity contribution in [2.45, 2.75) is 37.1 Å². The molecular formula is C14H18ClNO3. The molecule has 1 saturated carbocycles. The van der Waals surface area contributed by atoms with Gasteiger partial charge in [0.25, 0.3) is 5.91 Å². The predicted octanol–water partition coefficient (Wildman–Crippen LogP) is 2.68. The Bertz CT molecular complexity index is 456. The monoisotopic (exact) mass is 283 g/mol. The number of halogens is 1. The highest BCUT2D eigenvalue weighted by Gasteiger charge is 2.22. The molecule has 104 valence electrons. The topological polar surface area (TPSA) is 58.6 Å². The Morgan fingerprint density at radius 1 is 1.37 bits per heavy atom. The Kier molecular flexibility index (Phi) is 4.53. The summed E-state index contributed by atoms with van der Waals surface area (Å²) in [6.07, 6.45) is 3.59. The first-order valence-electron chi connectivity index (χ1n) is 6.42. The molecule has 0 unspecified atom stereocenters. The maximum atomic E-state index is 12.1. The van der Waals surface area contributed by atoms with Gasteiger partial charge < -0.3 is 15.2 Å². The lowest BCUT2D eigenvalue weighted by atomic mass is 9.95. The molecule has 1 aromatic carbocycles. The molecule has 0 radical (unpaired) electrons. The molecule has 19 heavy (non-hydrogen) atoms.